The highest BCUT2D eigenvalue weighted by atomic mass is 16.3. The first-order valence-electron chi connectivity index (χ1n) is 5.54. The van der Waals surface area contributed by atoms with Gasteiger partial charge in [0.15, 0.2) is 11.8 Å². The number of benzene rings is 1. The fraction of sp³-hybridized carbons (Fsp3) is 0.154. The topological polar surface area (TPSA) is 88.8 Å². The van der Waals surface area contributed by atoms with Crippen molar-refractivity contribution in [2.24, 2.45) is 4.99 Å². The summed E-state index contributed by atoms with van der Waals surface area (Å²) >= 11 is 0. The van der Waals surface area contributed by atoms with Crippen LogP contribution in [0.5, 0.6) is 17.5 Å². The summed E-state index contributed by atoms with van der Waals surface area (Å²) < 4.78 is 0. The second-order valence-electron chi connectivity index (χ2n) is 3.91. The molecule has 0 unspecified atom stereocenters. The van der Waals surface area contributed by atoms with E-state index in [4.69, 9.17) is 10.2 Å². The van der Waals surface area contributed by atoms with Gasteiger partial charge in [-0.05, 0) is 24.1 Å². The van der Waals surface area contributed by atoms with Crippen LogP contribution in [0.4, 0.5) is 0 Å². The van der Waals surface area contributed by atoms with Crippen LogP contribution in [0.3, 0.4) is 0 Å². The van der Waals surface area contributed by atoms with E-state index in [-0.39, 0.29) is 17.5 Å². The first-order valence-corrected chi connectivity index (χ1v) is 5.54. The number of H-pyrrole nitrogens is 1. The third-order valence-electron chi connectivity index (χ3n) is 2.51. The number of hydrogen-bond acceptors (Lipinski definition) is 4. The summed E-state index contributed by atoms with van der Waals surface area (Å²) in [5.74, 6) is 0.0586. The number of aromatic amines is 1. The van der Waals surface area contributed by atoms with E-state index in [9.17, 15) is 5.11 Å². The summed E-state index contributed by atoms with van der Waals surface area (Å²) in [5, 5.41) is 27.6. The third-order valence-corrected chi connectivity index (χ3v) is 2.51. The van der Waals surface area contributed by atoms with Crippen LogP contribution in [0.1, 0.15) is 11.1 Å². The molecule has 5 heteroatoms. The van der Waals surface area contributed by atoms with Crippen LogP contribution >= 0.6 is 0 Å². The Balaban J connectivity index is 1.88. The Bertz CT molecular complexity index is 544. The largest absolute Gasteiger partial charge is 0.508 e. The maximum Gasteiger partial charge on any atom is 0.200 e. The highest BCUT2D eigenvalue weighted by Gasteiger charge is 2.02. The lowest BCUT2D eigenvalue weighted by Crippen LogP contribution is -1.90. The Hall–Kier alpha value is -2.43. The lowest BCUT2D eigenvalue weighted by atomic mass is 10.1. The van der Waals surface area contributed by atoms with Gasteiger partial charge >= 0.3 is 0 Å². The predicted molar refractivity (Wildman–Crippen MR) is 68.4 cm³/mol. The van der Waals surface area contributed by atoms with E-state index in [1.807, 2.05) is 12.1 Å². The summed E-state index contributed by atoms with van der Waals surface area (Å²) in [5.41, 5.74) is 1.53. The summed E-state index contributed by atoms with van der Waals surface area (Å²) in [6, 6.07) is 8.35. The fourth-order valence-corrected chi connectivity index (χ4v) is 1.56. The van der Waals surface area contributed by atoms with Crippen LogP contribution in [0, 0.1) is 0 Å². The van der Waals surface area contributed by atoms with Crippen molar-refractivity contribution in [2.75, 3.05) is 6.54 Å². The number of nitrogens with one attached hydrogen (secondary N) is 1. The van der Waals surface area contributed by atoms with E-state index < -0.39 is 0 Å². The van der Waals surface area contributed by atoms with E-state index >= 15 is 0 Å². The Kier molecular flexibility index (Phi) is 3.52. The number of phenols is 1. The van der Waals surface area contributed by atoms with Crippen molar-refractivity contribution in [3.8, 4) is 17.5 Å². The van der Waals surface area contributed by atoms with Crippen molar-refractivity contribution in [3.63, 3.8) is 0 Å². The molecule has 0 fully saturated rings. The lowest BCUT2D eigenvalue weighted by molar-refractivity contribution is 0.425. The van der Waals surface area contributed by atoms with E-state index in [1.54, 1.807) is 12.1 Å². The molecule has 0 saturated heterocycles. The average molecular weight is 246 g/mol. The zero-order valence-corrected chi connectivity index (χ0v) is 9.67. The van der Waals surface area contributed by atoms with Gasteiger partial charge in [-0.15, -0.1) is 0 Å². The lowest BCUT2D eigenvalue weighted by Gasteiger charge is -1.98. The monoisotopic (exact) mass is 246 g/mol. The number of aliphatic imine (C=N–C) groups is 1. The number of nitrogens with zero attached hydrogens (tertiary/aromatic N) is 1. The standard InChI is InChI=1S/C13H14N2O3/c16-11-3-1-9(2-4-11)5-6-14-8-10-7-12(17)15-13(10)18/h1-4,7-8,15-18H,5-6H2. The maximum absolute atomic E-state index is 9.34. The minimum Gasteiger partial charge on any atom is -0.508 e. The molecule has 0 amide bonds. The fourth-order valence-electron chi connectivity index (χ4n) is 1.56. The minimum atomic E-state index is -0.0964. The molecule has 2 aromatic rings. The quantitative estimate of drug-likeness (QED) is 0.620. The predicted octanol–water partition coefficient (Wildman–Crippen LogP) is 1.79. The van der Waals surface area contributed by atoms with Gasteiger partial charge in [-0.25, -0.2) is 0 Å². The second kappa shape index (κ2) is 5.27. The first kappa shape index (κ1) is 12.0. The van der Waals surface area contributed by atoms with Gasteiger partial charge in [0.2, 0.25) is 0 Å². The van der Waals surface area contributed by atoms with Crippen LogP contribution in [-0.4, -0.2) is 33.1 Å². The van der Waals surface area contributed by atoms with Crippen LogP contribution < -0.4 is 0 Å². The molecule has 1 aromatic carbocycles. The summed E-state index contributed by atoms with van der Waals surface area (Å²) in [7, 11) is 0. The van der Waals surface area contributed by atoms with Gasteiger partial charge in [-0.1, -0.05) is 12.1 Å². The van der Waals surface area contributed by atoms with E-state index in [0.717, 1.165) is 12.0 Å². The van der Waals surface area contributed by atoms with Crippen molar-refractivity contribution in [1.82, 2.24) is 4.98 Å². The van der Waals surface area contributed by atoms with Crippen molar-refractivity contribution in [1.29, 1.82) is 0 Å². The molecule has 94 valence electrons. The van der Waals surface area contributed by atoms with Gasteiger partial charge in [0.1, 0.15) is 5.75 Å². The number of aromatic hydroxyl groups is 3. The highest BCUT2D eigenvalue weighted by molar-refractivity contribution is 5.83. The van der Waals surface area contributed by atoms with Gasteiger partial charge in [-0.2, -0.15) is 0 Å². The number of phenolic OH excluding ortho intramolecular Hbond substituents is 1. The van der Waals surface area contributed by atoms with Gasteiger partial charge in [-0.3, -0.25) is 9.98 Å². The molecule has 0 aliphatic rings. The van der Waals surface area contributed by atoms with Gasteiger partial charge in [0.25, 0.3) is 0 Å². The van der Waals surface area contributed by atoms with Crippen molar-refractivity contribution in [3.05, 3.63) is 41.5 Å². The first-order chi connectivity index (χ1) is 8.65. The molecule has 0 aliphatic heterocycles. The SMILES string of the molecule is Oc1ccc(CCN=Cc2cc(O)[nH]c2O)cc1. The smallest absolute Gasteiger partial charge is 0.200 e. The van der Waals surface area contributed by atoms with Gasteiger partial charge in [0, 0.05) is 18.8 Å². The summed E-state index contributed by atoms with van der Waals surface area (Å²) in [6.07, 6.45) is 2.25. The molecular weight excluding hydrogens is 232 g/mol. The molecular formula is C13H14N2O3. The number of hydrogen-bond donors (Lipinski definition) is 4. The number of rotatable bonds is 4. The molecule has 0 spiro atoms. The van der Waals surface area contributed by atoms with Crippen LogP contribution in [0.15, 0.2) is 35.3 Å². The van der Waals surface area contributed by atoms with Crippen LogP contribution in [-0.2, 0) is 6.42 Å². The van der Waals surface area contributed by atoms with Gasteiger partial charge < -0.3 is 15.3 Å². The molecule has 0 atom stereocenters. The van der Waals surface area contributed by atoms with Crippen molar-refractivity contribution in [2.45, 2.75) is 6.42 Å². The molecule has 1 heterocycles. The molecule has 0 radical (unpaired) electrons. The average Bonchev–Trinajstić information content (AvgIpc) is 2.66. The Labute approximate surface area is 104 Å². The highest BCUT2D eigenvalue weighted by Crippen LogP contribution is 2.19. The van der Waals surface area contributed by atoms with Crippen LogP contribution in [0.25, 0.3) is 0 Å². The molecule has 0 saturated carbocycles. The van der Waals surface area contributed by atoms with Crippen LogP contribution in [0.2, 0.25) is 0 Å². The normalized spacial score (nSPS) is 11.1. The number of aromatic nitrogens is 1. The molecule has 1 aromatic heterocycles. The van der Waals surface area contributed by atoms with E-state index in [1.165, 1.54) is 12.3 Å². The molecule has 5 nitrogen and oxygen atoms in total. The van der Waals surface area contributed by atoms with E-state index in [2.05, 4.69) is 9.98 Å². The molecule has 0 aliphatic carbocycles. The molecule has 18 heavy (non-hydrogen) atoms. The van der Waals surface area contributed by atoms with E-state index in [0.29, 0.717) is 12.1 Å². The maximum atomic E-state index is 9.34. The van der Waals surface area contributed by atoms with Crippen molar-refractivity contribution < 1.29 is 15.3 Å². The summed E-state index contributed by atoms with van der Waals surface area (Å²) in [6.45, 7) is 0.566. The van der Waals surface area contributed by atoms with Crippen molar-refractivity contribution >= 4 is 6.21 Å². The van der Waals surface area contributed by atoms with Gasteiger partial charge in [0.05, 0.1) is 5.56 Å². The second-order valence-corrected chi connectivity index (χ2v) is 3.91. The molecule has 0 bridgehead atoms. The Morgan fingerprint density at radius 2 is 1.83 bits per heavy atom. The molecule has 4 N–H and O–H groups in total. The zero-order valence-electron chi connectivity index (χ0n) is 9.67. The zero-order chi connectivity index (χ0) is 13.0. The Morgan fingerprint density at radius 1 is 1.11 bits per heavy atom. The Morgan fingerprint density at radius 3 is 2.44 bits per heavy atom. The summed E-state index contributed by atoms with van der Waals surface area (Å²) in [4.78, 5) is 6.52. The molecule has 2 rings (SSSR count). The minimum absolute atomic E-state index is 0.0903. The third kappa shape index (κ3) is 3.04.